The fourth-order valence-corrected chi connectivity index (χ4v) is 4.03. The molecule has 7 N–H and O–H groups in total. The quantitative estimate of drug-likeness (QED) is 0.271. The van der Waals surface area contributed by atoms with Crippen molar-refractivity contribution in [3.63, 3.8) is 0 Å². The standard InChI is InChI=1S/C12H22O9S/c13-2-5-7(1-4(15)11(19)20-5)22-12-10(18)9(17)8(16)6(3-14)21-12/h4-19H,1-3H2/t4-,5-,6-,7+,8-,9+,10-,11?,12+/m1/s1. The highest BCUT2D eigenvalue weighted by molar-refractivity contribution is 8.00. The Bertz CT molecular complexity index is 357. The molecule has 0 bridgehead atoms. The topological polar surface area (TPSA) is 160 Å². The summed E-state index contributed by atoms with van der Waals surface area (Å²) in [5.74, 6) is 0. The van der Waals surface area contributed by atoms with Gasteiger partial charge in [0.15, 0.2) is 6.29 Å². The monoisotopic (exact) mass is 342 g/mol. The summed E-state index contributed by atoms with van der Waals surface area (Å²) in [5.41, 5.74) is -0.986. The lowest BCUT2D eigenvalue weighted by Crippen LogP contribution is -2.58. The van der Waals surface area contributed by atoms with Crippen LogP contribution in [0.15, 0.2) is 0 Å². The van der Waals surface area contributed by atoms with Gasteiger partial charge in [0.25, 0.3) is 0 Å². The molecule has 1 unspecified atom stereocenters. The molecule has 0 aromatic carbocycles. The molecular weight excluding hydrogens is 320 g/mol. The van der Waals surface area contributed by atoms with Crippen molar-refractivity contribution in [3.05, 3.63) is 0 Å². The van der Waals surface area contributed by atoms with E-state index in [2.05, 4.69) is 0 Å². The summed E-state index contributed by atoms with van der Waals surface area (Å²) in [7, 11) is 0. The molecule has 2 saturated heterocycles. The molecule has 2 aliphatic heterocycles. The summed E-state index contributed by atoms with van der Waals surface area (Å²) < 4.78 is 10.4. The van der Waals surface area contributed by atoms with Gasteiger partial charge < -0.3 is 45.2 Å². The van der Waals surface area contributed by atoms with Gasteiger partial charge >= 0.3 is 0 Å². The Balaban J connectivity index is 2.04. The number of aliphatic hydroxyl groups is 7. The molecule has 9 nitrogen and oxygen atoms in total. The third-order valence-corrected chi connectivity index (χ3v) is 5.37. The fraction of sp³-hybridized carbons (Fsp3) is 1.00. The first-order chi connectivity index (χ1) is 10.4. The molecular formula is C12H22O9S. The second-order valence-corrected chi connectivity index (χ2v) is 6.76. The van der Waals surface area contributed by atoms with Crippen molar-refractivity contribution >= 4 is 11.8 Å². The maximum absolute atomic E-state index is 9.98. The first-order valence-electron chi connectivity index (χ1n) is 6.97. The van der Waals surface area contributed by atoms with Crippen molar-refractivity contribution in [1.29, 1.82) is 0 Å². The number of aliphatic hydroxyl groups excluding tert-OH is 7. The minimum atomic E-state index is -1.49. The normalized spacial score (nSPS) is 50.0. The fourth-order valence-electron chi connectivity index (χ4n) is 2.52. The van der Waals surface area contributed by atoms with Crippen LogP contribution in [0, 0.1) is 0 Å². The molecule has 9 atom stereocenters. The lowest BCUT2D eigenvalue weighted by atomic mass is 10.0. The number of rotatable bonds is 4. The largest absolute Gasteiger partial charge is 0.394 e. The lowest BCUT2D eigenvalue weighted by Gasteiger charge is -2.43. The van der Waals surface area contributed by atoms with Crippen LogP contribution in [0.1, 0.15) is 6.42 Å². The molecule has 2 rings (SSSR count). The molecule has 10 heteroatoms. The van der Waals surface area contributed by atoms with Gasteiger partial charge in [-0.1, -0.05) is 0 Å². The Morgan fingerprint density at radius 3 is 2.05 bits per heavy atom. The van der Waals surface area contributed by atoms with E-state index in [1.54, 1.807) is 0 Å². The van der Waals surface area contributed by atoms with E-state index in [9.17, 15) is 30.6 Å². The van der Waals surface area contributed by atoms with Gasteiger partial charge in [0.2, 0.25) is 0 Å². The lowest BCUT2D eigenvalue weighted by molar-refractivity contribution is -0.220. The smallest absolute Gasteiger partial charge is 0.181 e. The van der Waals surface area contributed by atoms with Crippen molar-refractivity contribution in [2.24, 2.45) is 0 Å². The van der Waals surface area contributed by atoms with Crippen LogP contribution in [-0.2, 0) is 9.47 Å². The van der Waals surface area contributed by atoms with E-state index in [0.29, 0.717) is 0 Å². The Labute approximate surface area is 131 Å². The van der Waals surface area contributed by atoms with Gasteiger partial charge in [-0.3, -0.25) is 0 Å². The third kappa shape index (κ3) is 3.73. The number of hydrogen-bond acceptors (Lipinski definition) is 10. The molecule has 0 spiro atoms. The predicted octanol–water partition coefficient (Wildman–Crippen LogP) is -3.65. The highest BCUT2D eigenvalue weighted by atomic mass is 32.2. The van der Waals surface area contributed by atoms with Gasteiger partial charge in [-0.05, 0) is 6.42 Å². The van der Waals surface area contributed by atoms with E-state index < -0.39 is 66.8 Å². The molecule has 0 amide bonds. The average molecular weight is 342 g/mol. The van der Waals surface area contributed by atoms with Gasteiger partial charge in [0.1, 0.15) is 36.0 Å². The van der Waals surface area contributed by atoms with Gasteiger partial charge in [-0.15, -0.1) is 11.8 Å². The molecule has 0 aromatic rings. The van der Waals surface area contributed by atoms with Crippen molar-refractivity contribution in [2.45, 2.75) is 60.0 Å². The Morgan fingerprint density at radius 2 is 1.45 bits per heavy atom. The summed E-state index contributed by atoms with van der Waals surface area (Å²) in [4.78, 5) is 0. The number of ether oxygens (including phenoxy) is 2. The molecule has 0 aliphatic carbocycles. The molecule has 0 radical (unpaired) electrons. The molecule has 130 valence electrons. The molecule has 2 heterocycles. The second-order valence-electron chi connectivity index (χ2n) is 5.42. The molecule has 0 aromatic heterocycles. The van der Waals surface area contributed by atoms with Crippen molar-refractivity contribution < 1.29 is 45.2 Å². The Hall–Kier alpha value is -0.0100. The number of hydrogen-bond donors (Lipinski definition) is 7. The maximum atomic E-state index is 9.98. The Kier molecular flexibility index (Phi) is 6.42. The highest BCUT2D eigenvalue weighted by Gasteiger charge is 2.46. The van der Waals surface area contributed by atoms with E-state index in [1.807, 2.05) is 0 Å². The minimum absolute atomic E-state index is 0.0894. The van der Waals surface area contributed by atoms with Crippen LogP contribution in [0.25, 0.3) is 0 Å². The van der Waals surface area contributed by atoms with Crippen LogP contribution in [0.5, 0.6) is 0 Å². The van der Waals surface area contributed by atoms with Gasteiger partial charge in [-0.25, -0.2) is 0 Å². The minimum Gasteiger partial charge on any atom is -0.394 e. The first-order valence-corrected chi connectivity index (χ1v) is 7.91. The van der Waals surface area contributed by atoms with E-state index >= 15 is 0 Å². The first kappa shape index (κ1) is 18.3. The van der Waals surface area contributed by atoms with Gasteiger partial charge in [0.05, 0.1) is 19.3 Å². The van der Waals surface area contributed by atoms with Crippen molar-refractivity contribution in [1.82, 2.24) is 0 Å². The van der Waals surface area contributed by atoms with E-state index in [-0.39, 0.29) is 6.42 Å². The predicted molar refractivity (Wildman–Crippen MR) is 73.7 cm³/mol. The summed E-state index contributed by atoms with van der Waals surface area (Å²) in [6, 6.07) is 0. The zero-order valence-corrected chi connectivity index (χ0v) is 12.5. The van der Waals surface area contributed by atoms with E-state index in [0.717, 1.165) is 11.8 Å². The summed E-state index contributed by atoms with van der Waals surface area (Å²) in [5, 5.41) is 66.4. The summed E-state index contributed by atoms with van der Waals surface area (Å²) >= 11 is 1.00. The van der Waals surface area contributed by atoms with Crippen LogP contribution in [0.3, 0.4) is 0 Å². The Morgan fingerprint density at radius 1 is 0.818 bits per heavy atom. The molecule has 2 aliphatic rings. The van der Waals surface area contributed by atoms with E-state index in [1.165, 1.54) is 0 Å². The number of thioether (sulfide) groups is 1. The molecule has 2 fully saturated rings. The second kappa shape index (κ2) is 7.71. The van der Waals surface area contributed by atoms with Crippen LogP contribution in [0.2, 0.25) is 0 Å². The van der Waals surface area contributed by atoms with Crippen LogP contribution in [0.4, 0.5) is 0 Å². The average Bonchev–Trinajstić information content (AvgIpc) is 2.51. The van der Waals surface area contributed by atoms with Crippen LogP contribution < -0.4 is 0 Å². The van der Waals surface area contributed by atoms with Crippen molar-refractivity contribution in [2.75, 3.05) is 13.2 Å². The van der Waals surface area contributed by atoms with Crippen LogP contribution >= 0.6 is 11.8 Å². The van der Waals surface area contributed by atoms with E-state index in [4.69, 9.17) is 14.6 Å². The maximum Gasteiger partial charge on any atom is 0.181 e. The zero-order valence-electron chi connectivity index (χ0n) is 11.7. The third-order valence-electron chi connectivity index (χ3n) is 3.87. The SMILES string of the molecule is OC[C@H]1O[C@@H](S[C@H]2C[C@@H](O)C(O)O[C@@H]2CO)[C@H](O)[C@@H](O)[C@@H]1O. The van der Waals surface area contributed by atoms with Gasteiger partial charge in [0, 0.05) is 5.25 Å². The summed E-state index contributed by atoms with van der Waals surface area (Å²) in [6.07, 6.45) is -8.61. The highest BCUT2D eigenvalue weighted by Crippen LogP contribution is 2.36. The molecule has 22 heavy (non-hydrogen) atoms. The molecule has 0 saturated carbocycles. The zero-order chi connectivity index (χ0) is 16.4. The summed E-state index contributed by atoms with van der Waals surface area (Å²) in [6.45, 7) is -0.938. The van der Waals surface area contributed by atoms with Crippen molar-refractivity contribution in [3.8, 4) is 0 Å². The van der Waals surface area contributed by atoms with Gasteiger partial charge in [-0.2, -0.15) is 0 Å². The van der Waals surface area contributed by atoms with Crippen LogP contribution in [-0.4, -0.2) is 103 Å².